The number of thiocarbonyl (C=S) groups is 1. The monoisotopic (exact) mass is 553 g/mol. The summed E-state index contributed by atoms with van der Waals surface area (Å²) in [4.78, 5) is 41.8. The summed E-state index contributed by atoms with van der Waals surface area (Å²) < 4.78 is 5.84. The van der Waals surface area contributed by atoms with E-state index in [1.54, 1.807) is 29.2 Å². The van der Waals surface area contributed by atoms with Gasteiger partial charge in [0.1, 0.15) is 10.9 Å². The molecule has 202 valence electrons. The second kappa shape index (κ2) is 14.8. The predicted molar refractivity (Wildman–Crippen MR) is 158 cm³/mol. The quantitative estimate of drug-likeness (QED) is 0.203. The van der Waals surface area contributed by atoms with Crippen molar-refractivity contribution < 1.29 is 19.1 Å². The number of esters is 1. The number of hydrogen-bond donors (Lipinski definition) is 1. The van der Waals surface area contributed by atoms with Crippen molar-refractivity contribution in [1.82, 2.24) is 9.80 Å². The third kappa shape index (κ3) is 8.51. The van der Waals surface area contributed by atoms with Crippen molar-refractivity contribution in [2.24, 2.45) is 0 Å². The van der Waals surface area contributed by atoms with Crippen LogP contribution in [0.15, 0.2) is 53.4 Å². The molecule has 0 saturated carbocycles. The Balaban J connectivity index is 1.43. The Morgan fingerprint density at radius 2 is 1.74 bits per heavy atom. The standard InChI is InChI=1S/C29H35N3O4S2/c1-4-21-9-11-22(12-10-21)20-25-27(34)32(29(37)38-25)17-7-8-26(33)30-24-15-13-23(14-16-24)28(35)36-19-18-31(5-2)6-3/h9-16,20H,4-8,17-19H2,1-3H3,(H,30,33)/b25-20-. The molecule has 1 aliphatic rings. The first-order valence-electron chi connectivity index (χ1n) is 13.0. The number of anilines is 1. The molecule has 1 fully saturated rings. The van der Waals surface area contributed by atoms with Gasteiger partial charge in [-0.05, 0) is 67.4 Å². The van der Waals surface area contributed by atoms with Crippen LogP contribution in [0.4, 0.5) is 5.69 Å². The van der Waals surface area contributed by atoms with Gasteiger partial charge in [-0.1, -0.05) is 69.0 Å². The minimum absolute atomic E-state index is 0.125. The summed E-state index contributed by atoms with van der Waals surface area (Å²) in [6.45, 7) is 9.48. The van der Waals surface area contributed by atoms with Crippen LogP contribution in [0.1, 0.15) is 55.1 Å². The van der Waals surface area contributed by atoms with Gasteiger partial charge in [-0.2, -0.15) is 0 Å². The number of nitrogens with one attached hydrogen (secondary N) is 1. The van der Waals surface area contributed by atoms with E-state index < -0.39 is 0 Å². The van der Waals surface area contributed by atoms with E-state index in [0.717, 1.165) is 25.1 Å². The van der Waals surface area contributed by atoms with Crippen molar-refractivity contribution in [3.63, 3.8) is 0 Å². The smallest absolute Gasteiger partial charge is 0.338 e. The summed E-state index contributed by atoms with van der Waals surface area (Å²) in [6.07, 6.45) is 3.54. The van der Waals surface area contributed by atoms with Crippen LogP contribution in [-0.4, -0.2) is 64.7 Å². The van der Waals surface area contributed by atoms with E-state index in [-0.39, 0.29) is 24.2 Å². The van der Waals surface area contributed by atoms with Crippen molar-refractivity contribution in [3.8, 4) is 0 Å². The number of carbonyl (C=O) groups is 3. The van der Waals surface area contributed by atoms with E-state index in [1.165, 1.54) is 17.3 Å². The van der Waals surface area contributed by atoms with Crippen molar-refractivity contribution >= 4 is 57.8 Å². The lowest BCUT2D eigenvalue weighted by atomic mass is 10.1. The van der Waals surface area contributed by atoms with Gasteiger partial charge in [0, 0.05) is 25.2 Å². The molecule has 0 spiro atoms. The van der Waals surface area contributed by atoms with Gasteiger partial charge >= 0.3 is 5.97 Å². The van der Waals surface area contributed by atoms with Crippen LogP contribution in [0.25, 0.3) is 6.08 Å². The highest BCUT2D eigenvalue weighted by Gasteiger charge is 2.31. The Labute approximate surface area is 234 Å². The van der Waals surface area contributed by atoms with Crippen molar-refractivity contribution in [3.05, 3.63) is 70.1 Å². The van der Waals surface area contributed by atoms with Crippen LogP contribution < -0.4 is 5.32 Å². The van der Waals surface area contributed by atoms with Gasteiger partial charge < -0.3 is 15.0 Å². The Morgan fingerprint density at radius 1 is 1.05 bits per heavy atom. The first-order valence-corrected chi connectivity index (χ1v) is 14.2. The number of carbonyl (C=O) groups excluding carboxylic acids is 3. The number of thioether (sulfide) groups is 1. The molecule has 2 amide bonds. The Kier molecular flexibility index (Phi) is 11.5. The number of rotatable bonds is 13. The van der Waals surface area contributed by atoms with Gasteiger partial charge in [-0.25, -0.2) is 4.79 Å². The number of aryl methyl sites for hydroxylation is 1. The van der Waals surface area contributed by atoms with Crippen LogP contribution in [0.3, 0.4) is 0 Å². The van der Waals surface area contributed by atoms with Gasteiger partial charge in [0.25, 0.3) is 5.91 Å². The van der Waals surface area contributed by atoms with Crippen LogP contribution in [0.5, 0.6) is 0 Å². The van der Waals surface area contributed by atoms with E-state index in [2.05, 4.69) is 43.1 Å². The molecule has 0 bridgehead atoms. The zero-order valence-corrected chi connectivity index (χ0v) is 23.8. The molecule has 0 aliphatic carbocycles. The van der Waals surface area contributed by atoms with Gasteiger partial charge in [0.05, 0.1) is 10.5 Å². The normalized spacial score (nSPS) is 14.4. The van der Waals surface area contributed by atoms with Crippen molar-refractivity contribution in [1.29, 1.82) is 0 Å². The van der Waals surface area contributed by atoms with Crippen molar-refractivity contribution in [2.75, 3.05) is 38.1 Å². The van der Waals surface area contributed by atoms with Crippen LogP contribution in [0.2, 0.25) is 0 Å². The number of amides is 2. The minimum Gasteiger partial charge on any atom is -0.461 e. The maximum absolute atomic E-state index is 12.8. The van der Waals surface area contributed by atoms with Crippen LogP contribution in [-0.2, 0) is 20.7 Å². The molecule has 9 heteroatoms. The molecule has 7 nitrogen and oxygen atoms in total. The third-order valence-corrected chi connectivity index (χ3v) is 7.66. The summed E-state index contributed by atoms with van der Waals surface area (Å²) in [7, 11) is 0. The Hall–Kier alpha value is -3.01. The number of benzene rings is 2. The topological polar surface area (TPSA) is 79.0 Å². The molecule has 2 aromatic carbocycles. The molecule has 0 unspecified atom stereocenters. The van der Waals surface area contributed by atoms with E-state index >= 15 is 0 Å². The van der Waals surface area contributed by atoms with E-state index in [4.69, 9.17) is 17.0 Å². The number of ether oxygens (including phenoxy) is 1. The zero-order valence-electron chi connectivity index (χ0n) is 22.2. The molecule has 0 radical (unpaired) electrons. The first-order chi connectivity index (χ1) is 18.3. The number of likely N-dealkylation sites (N-methyl/N-ethyl adjacent to an activating group) is 1. The van der Waals surface area contributed by atoms with Gasteiger partial charge in [-0.15, -0.1) is 0 Å². The molecule has 1 saturated heterocycles. The lowest BCUT2D eigenvalue weighted by Gasteiger charge is -2.17. The lowest BCUT2D eigenvalue weighted by Crippen LogP contribution is -2.29. The second-order valence-electron chi connectivity index (χ2n) is 8.82. The number of nitrogens with zero attached hydrogens (tertiary/aromatic N) is 2. The predicted octanol–water partition coefficient (Wildman–Crippen LogP) is 5.37. The molecule has 3 rings (SSSR count). The average molecular weight is 554 g/mol. The SMILES string of the molecule is CCc1ccc(/C=C2\SC(=S)N(CCCC(=O)Nc3ccc(C(=O)OCCN(CC)CC)cc3)C2=O)cc1. The fourth-order valence-electron chi connectivity index (χ4n) is 3.90. The molecule has 1 heterocycles. The first kappa shape index (κ1) is 29.5. The van der Waals surface area contributed by atoms with E-state index in [9.17, 15) is 14.4 Å². The van der Waals surface area contributed by atoms with Crippen LogP contribution in [0, 0.1) is 0 Å². The molecular formula is C29H35N3O4S2. The molecule has 1 aliphatic heterocycles. The van der Waals surface area contributed by atoms with E-state index in [0.29, 0.717) is 46.6 Å². The highest BCUT2D eigenvalue weighted by atomic mass is 32.2. The van der Waals surface area contributed by atoms with E-state index in [1.807, 2.05) is 18.2 Å². The molecule has 0 atom stereocenters. The second-order valence-corrected chi connectivity index (χ2v) is 10.5. The summed E-state index contributed by atoms with van der Waals surface area (Å²) >= 11 is 6.69. The molecule has 1 N–H and O–H groups in total. The summed E-state index contributed by atoms with van der Waals surface area (Å²) in [6, 6.07) is 14.7. The maximum Gasteiger partial charge on any atom is 0.338 e. The Bertz CT molecular complexity index is 1160. The van der Waals surface area contributed by atoms with Gasteiger partial charge in [0.15, 0.2) is 0 Å². The van der Waals surface area contributed by atoms with Crippen LogP contribution >= 0.6 is 24.0 Å². The molecule has 38 heavy (non-hydrogen) atoms. The van der Waals surface area contributed by atoms with Crippen molar-refractivity contribution in [2.45, 2.75) is 40.0 Å². The summed E-state index contributed by atoms with van der Waals surface area (Å²) in [5, 5.41) is 2.83. The summed E-state index contributed by atoms with van der Waals surface area (Å²) in [5.41, 5.74) is 3.23. The highest BCUT2D eigenvalue weighted by molar-refractivity contribution is 8.26. The fourth-order valence-corrected chi connectivity index (χ4v) is 5.20. The Morgan fingerprint density at radius 3 is 2.37 bits per heavy atom. The zero-order chi connectivity index (χ0) is 27.5. The number of hydrogen-bond acceptors (Lipinski definition) is 7. The van der Waals surface area contributed by atoms with Gasteiger partial charge in [0.2, 0.25) is 5.91 Å². The minimum atomic E-state index is -0.384. The lowest BCUT2D eigenvalue weighted by molar-refractivity contribution is -0.122. The fraction of sp³-hybridized carbons (Fsp3) is 0.379. The largest absolute Gasteiger partial charge is 0.461 e. The third-order valence-electron chi connectivity index (χ3n) is 6.28. The van der Waals surface area contributed by atoms with Gasteiger partial charge in [-0.3, -0.25) is 14.5 Å². The molecule has 0 aromatic heterocycles. The average Bonchev–Trinajstić information content (AvgIpc) is 3.19. The maximum atomic E-state index is 12.8. The molecular weight excluding hydrogens is 518 g/mol. The highest BCUT2D eigenvalue weighted by Crippen LogP contribution is 2.32. The summed E-state index contributed by atoms with van der Waals surface area (Å²) in [5.74, 6) is -0.679. The molecule has 2 aromatic rings.